The van der Waals surface area contributed by atoms with E-state index in [2.05, 4.69) is 15.9 Å². The van der Waals surface area contributed by atoms with Crippen LogP contribution in [-0.2, 0) is 6.42 Å². The van der Waals surface area contributed by atoms with Gasteiger partial charge in [0.05, 0.1) is 6.10 Å². The Kier molecular flexibility index (Phi) is 1.94. The first-order valence-electron chi connectivity index (χ1n) is 3.91. The van der Waals surface area contributed by atoms with E-state index in [4.69, 9.17) is 5.73 Å². The Morgan fingerprint density at radius 3 is 2.92 bits per heavy atom. The van der Waals surface area contributed by atoms with Gasteiger partial charge in [0.25, 0.3) is 0 Å². The number of benzene rings is 1. The summed E-state index contributed by atoms with van der Waals surface area (Å²) in [6.45, 7) is 0. The topological polar surface area (TPSA) is 46.2 Å². The summed E-state index contributed by atoms with van der Waals surface area (Å²) in [7, 11) is 0. The minimum atomic E-state index is -0.504. The van der Waals surface area contributed by atoms with E-state index in [1.54, 1.807) is 0 Å². The maximum atomic E-state index is 9.68. The Morgan fingerprint density at radius 1 is 1.50 bits per heavy atom. The number of hydrogen-bond donors (Lipinski definition) is 2. The van der Waals surface area contributed by atoms with E-state index in [-0.39, 0.29) is 6.04 Å². The van der Waals surface area contributed by atoms with Gasteiger partial charge in [-0.1, -0.05) is 28.1 Å². The fourth-order valence-electron chi connectivity index (χ4n) is 1.67. The van der Waals surface area contributed by atoms with Crippen LogP contribution in [0.5, 0.6) is 0 Å². The highest BCUT2D eigenvalue weighted by Gasteiger charge is 2.29. The molecule has 0 saturated heterocycles. The van der Waals surface area contributed by atoms with Crippen LogP contribution in [0.4, 0.5) is 0 Å². The van der Waals surface area contributed by atoms with Crippen molar-refractivity contribution < 1.29 is 5.11 Å². The van der Waals surface area contributed by atoms with Crippen molar-refractivity contribution >= 4 is 15.9 Å². The second kappa shape index (κ2) is 2.83. The normalized spacial score (nSPS) is 27.2. The second-order valence-electron chi connectivity index (χ2n) is 3.13. The smallest absolute Gasteiger partial charge is 0.0957 e. The van der Waals surface area contributed by atoms with E-state index in [1.165, 1.54) is 0 Å². The molecule has 2 rings (SSSR count). The van der Waals surface area contributed by atoms with Gasteiger partial charge in [-0.05, 0) is 23.6 Å². The van der Waals surface area contributed by atoms with Gasteiger partial charge in [0.2, 0.25) is 0 Å². The van der Waals surface area contributed by atoms with Gasteiger partial charge in [-0.2, -0.15) is 0 Å². The molecule has 1 aliphatic rings. The molecule has 0 aliphatic heterocycles. The minimum absolute atomic E-state index is 0.140. The minimum Gasteiger partial charge on any atom is -0.387 e. The van der Waals surface area contributed by atoms with Gasteiger partial charge in [-0.15, -0.1) is 0 Å². The summed E-state index contributed by atoms with van der Waals surface area (Å²) < 4.78 is 0.959. The van der Waals surface area contributed by atoms with Gasteiger partial charge < -0.3 is 10.8 Å². The standard InChI is InChI=1S/C9H10BrNO/c10-6-3-1-2-5-4-7(11)9(12)8(5)6/h1-3,7,9,12H,4,11H2/t7-,9+/m1/s1. The van der Waals surface area contributed by atoms with Crippen LogP contribution in [0.2, 0.25) is 0 Å². The molecule has 0 amide bonds. The summed E-state index contributed by atoms with van der Waals surface area (Å²) in [6.07, 6.45) is 0.270. The lowest BCUT2D eigenvalue weighted by Gasteiger charge is -2.09. The van der Waals surface area contributed by atoms with Crippen molar-refractivity contribution in [3.05, 3.63) is 33.8 Å². The van der Waals surface area contributed by atoms with Crippen molar-refractivity contribution in [3.8, 4) is 0 Å². The van der Waals surface area contributed by atoms with Crippen molar-refractivity contribution in [2.75, 3.05) is 0 Å². The summed E-state index contributed by atoms with van der Waals surface area (Å²) >= 11 is 3.40. The summed E-state index contributed by atoms with van der Waals surface area (Å²) in [5.41, 5.74) is 7.85. The Labute approximate surface area is 79.5 Å². The molecule has 0 saturated carbocycles. The molecule has 0 heterocycles. The molecule has 1 aliphatic carbocycles. The Balaban J connectivity index is 2.55. The molecule has 0 spiro atoms. The number of aliphatic hydroxyl groups is 1. The van der Waals surface area contributed by atoms with E-state index in [1.807, 2.05) is 18.2 Å². The zero-order chi connectivity index (χ0) is 8.72. The third-order valence-electron chi connectivity index (χ3n) is 2.30. The molecule has 0 unspecified atom stereocenters. The molecule has 0 radical (unpaired) electrons. The number of halogens is 1. The third-order valence-corrected chi connectivity index (χ3v) is 2.99. The molecule has 0 fully saturated rings. The summed E-state index contributed by atoms with van der Waals surface area (Å²) in [6, 6.07) is 5.77. The van der Waals surface area contributed by atoms with E-state index in [0.29, 0.717) is 0 Å². The molecule has 0 bridgehead atoms. The summed E-state index contributed by atoms with van der Waals surface area (Å²) in [5.74, 6) is 0. The molecule has 3 N–H and O–H groups in total. The Bertz CT molecular complexity index is 313. The molecule has 64 valence electrons. The SMILES string of the molecule is N[C@@H]1Cc2cccc(Br)c2[C@H]1O. The summed E-state index contributed by atoms with van der Waals surface area (Å²) in [5, 5.41) is 9.68. The van der Waals surface area contributed by atoms with Gasteiger partial charge in [0.15, 0.2) is 0 Å². The molecule has 12 heavy (non-hydrogen) atoms. The number of nitrogens with two attached hydrogens (primary N) is 1. The number of rotatable bonds is 0. The van der Waals surface area contributed by atoms with Crippen LogP contribution in [0.25, 0.3) is 0 Å². The molecule has 3 heteroatoms. The fraction of sp³-hybridized carbons (Fsp3) is 0.333. The van der Waals surface area contributed by atoms with Crippen molar-refractivity contribution in [2.24, 2.45) is 5.73 Å². The van der Waals surface area contributed by atoms with Gasteiger partial charge in [0.1, 0.15) is 0 Å². The first kappa shape index (κ1) is 8.23. The quantitative estimate of drug-likeness (QED) is 0.704. The predicted molar refractivity (Wildman–Crippen MR) is 50.8 cm³/mol. The van der Waals surface area contributed by atoms with E-state index in [9.17, 15) is 5.11 Å². The molecule has 0 aromatic heterocycles. The molecule has 2 atom stereocenters. The zero-order valence-electron chi connectivity index (χ0n) is 6.50. The third kappa shape index (κ3) is 1.09. The van der Waals surface area contributed by atoms with Crippen molar-refractivity contribution in [2.45, 2.75) is 18.6 Å². The van der Waals surface area contributed by atoms with Gasteiger partial charge >= 0.3 is 0 Å². The van der Waals surface area contributed by atoms with Crippen LogP contribution in [0.3, 0.4) is 0 Å². The highest BCUT2D eigenvalue weighted by Crippen LogP contribution is 2.35. The largest absolute Gasteiger partial charge is 0.387 e. The van der Waals surface area contributed by atoms with Crippen LogP contribution >= 0.6 is 15.9 Å². The van der Waals surface area contributed by atoms with E-state index in [0.717, 1.165) is 22.0 Å². The van der Waals surface area contributed by atoms with Crippen LogP contribution in [0.1, 0.15) is 17.2 Å². The first-order valence-corrected chi connectivity index (χ1v) is 4.70. The molecule has 1 aromatic carbocycles. The van der Waals surface area contributed by atoms with E-state index >= 15 is 0 Å². The van der Waals surface area contributed by atoms with Crippen LogP contribution < -0.4 is 5.73 Å². The average molecular weight is 228 g/mol. The fourth-order valence-corrected chi connectivity index (χ4v) is 2.31. The van der Waals surface area contributed by atoms with Gasteiger partial charge in [-0.25, -0.2) is 0 Å². The monoisotopic (exact) mass is 227 g/mol. The van der Waals surface area contributed by atoms with Gasteiger partial charge in [-0.3, -0.25) is 0 Å². The maximum absolute atomic E-state index is 9.68. The number of aliphatic hydroxyl groups excluding tert-OH is 1. The molecular formula is C9H10BrNO. The number of fused-ring (bicyclic) bond motifs is 1. The van der Waals surface area contributed by atoms with E-state index < -0.39 is 6.10 Å². The second-order valence-corrected chi connectivity index (χ2v) is 3.98. The van der Waals surface area contributed by atoms with Crippen molar-refractivity contribution in [1.82, 2.24) is 0 Å². The van der Waals surface area contributed by atoms with Crippen molar-refractivity contribution in [3.63, 3.8) is 0 Å². The zero-order valence-corrected chi connectivity index (χ0v) is 8.08. The highest BCUT2D eigenvalue weighted by molar-refractivity contribution is 9.10. The average Bonchev–Trinajstić information content (AvgIpc) is 2.29. The lowest BCUT2D eigenvalue weighted by atomic mass is 10.1. The Hall–Kier alpha value is -0.380. The van der Waals surface area contributed by atoms with Gasteiger partial charge in [0, 0.05) is 10.5 Å². The van der Waals surface area contributed by atoms with Crippen molar-refractivity contribution in [1.29, 1.82) is 0 Å². The highest BCUT2D eigenvalue weighted by atomic mass is 79.9. The lowest BCUT2D eigenvalue weighted by Crippen LogP contribution is -2.24. The maximum Gasteiger partial charge on any atom is 0.0957 e. The Morgan fingerprint density at radius 2 is 2.25 bits per heavy atom. The summed E-state index contributed by atoms with van der Waals surface area (Å²) in [4.78, 5) is 0. The lowest BCUT2D eigenvalue weighted by molar-refractivity contribution is 0.159. The molecule has 2 nitrogen and oxygen atoms in total. The predicted octanol–water partition coefficient (Wildman–Crippen LogP) is 1.37. The van der Waals surface area contributed by atoms with Crippen LogP contribution in [0.15, 0.2) is 22.7 Å². The molecule has 1 aromatic rings. The molecular weight excluding hydrogens is 218 g/mol. The van der Waals surface area contributed by atoms with Crippen LogP contribution in [-0.4, -0.2) is 11.1 Å². The van der Waals surface area contributed by atoms with Crippen LogP contribution in [0, 0.1) is 0 Å². The first-order chi connectivity index (χ1) is 5.70. The number of hydrogen-bond acceptors (Lipinski definition) is 2.